The van der Waals surface area contributed by atoms with Crippen LogP contribution in [0, 0.1) is 23.6 Å². The second-order valence-electron chi connectivity index (χ2n) is 16.0. The van der Waals surface area contributed by atoms with E-state index >= 15 is 0 Å². The summed E-state index contributed by atoms with van der Waals surface area (Å²) < 4.78 is 51.8. The number of carbonyl (C=O) groups is 5. The lowest BCUT2D eigenvalue weighted by molar-refractivity contribution is -0.142. The van der Waals surface area contributed by atoms with Gasteiger partial charge in [0.25, 0.3) is 5.91 Å². The zero-order valence-corrected chi connectivity index (χ0v) is 31.3. The van der Waals surface area contributed by atoms with Crippen LogP contribution in [-0.2, 0) is 33.9 Å². The highest BCUT2D eigenvalue weighted by atomic mass is 32.2. The van der Waals surface area contributed by atoms with Crippen molar-refractivity contribution in [1.82, 2.24) is 20.3 Å². The van der Waals surface area contributed by atoms with Crippen LogP contribution >= 0.6 is 0 Å². The van der Waals surface area contributed by atoms with Crippen LogP contribution in [0.2, 0.25) is 0 Å². The normalized spacial score (nSPS) is 30.9. The van der Waals surface area contributed by atoms with E-state index < -0.39 is 91.7 Å². The molecule has 0 bridgehead atoms. The van der Waals surface area contributed by atoms with Gasteiger partial charge < -0.3 is 25.0 Å². The summed E-state index contributed by atoms with van der Waals surface area (Å²) in [4.78, 5) is 69.7. The molecule has 14 nitrogen and oxygen atoms in total. The van der Waals surface area contributed by atoms with Gasteiger partial charge in [0.1, 0.15) is 35.1 Å². The molecule has 2 heterocycles. The Balaban J connectivity index is 1.45. The van der Waals surface area contributed by atoms with Crippen molar-refractivity contribution in [3.05, 3.63) is 42.2 Å². The van der Waals surface area contributed by atoms with E-state index in [2.05, 4.69) is 20.7 Å². The van der Waals surface area contributed by atoms with Crippen LogP contribution in [0.3, 0.4) is 0 Å². The number of carbonyl (C=O) groups excluding carboxylic acids is 5. The van der Waals surface area contributed by atoms with Crippen molar-refractivity contribution in [3.8, 4) is 0 Å². The van der Waals surface area contributed by atoms with Crippen LogP contribution < -0.4 is 20.7 Å². The Bertz CT molecular complexity index is 1710. The van der Waals surface area contributed by atoms with Crippen LogP contribution in [0.5, 0.6) is 0 Å². The third-order valence-electron chi connectivity index (χ3n) is 10.3. The van der Waals surface area contributed by atoms with Gasteiger partial charge in [-0.15, -0.1) is 0 Å². The van der Waals surface area contributed by atoms with Gasteiger partial charge >= 0.3 is 12.2 Å². The third kappa shape index (κ3) is 9.04. The summed E-state index contributed by atoms with van der Waals surface area (Å²) in [5, 5.41) is 8.00. The number of sulfonamides is 1. The van der Waals surface area contributed by atoms with Crippen molar-refractivity contribution < 1.29 is 46.3 Å². The SMILES string of the molecule is C[C@H]1CC/C=C\C2C[C@@]2(C(=O)NS(=O)(=O)C2(C)CC2)NC(=O)[C@@H]2C[C@@H](OC(=O)Nc3ccc(F)cc3)CN2C(=O)[C@@H](NC(=O)OC(C)(C)C)[C@H](C)C1. The lowest BCUT2D eigenvalue weighted by Crippen LogP contribution is -2.59. The summed E-state index contributed by atoms with van der Waals surface area (Å²) in [5.41, 5.74) is -2.19. The summed E-state index contributed by atoms with van der Waals surface area (Å²) in [6.45, 7) is 10.3. The maximum Gasteiger partial charge on any atom is 0.411 e. The Morgan fingerprint density at radius 1 is 1.04 bits per heavy atom. The summed E-state index contributed by atoms with van der Waals surface area (Å²) >= 11 is 0. The van der Waals surface area contributed by atoms with Gasteiger partial charge in [-0.2, -0.15) is 0 Å². The van der Waals surface area contributed by atoms with Crippen molar-refractivity contribution in [1.29, 1.82) is 0 Å². The molecule has 0 aromatic heterocycles. The molecule has 4 aliphatic rings. The Labute approximate surface area is 304 Å². The van der Waals surface area contributed by atoms with E-state index in [1.165, 1.54) is 17.0 Å². The molecule has 5 rings (SSSR count). The van der Waals surface area contributed by atoms with Gasteiger partial charge in [0.05, 0.1) is 11.3 Å². The number of alkyl carbamates (subject to hydrolysis) is 1. The van der Waals surface area contributed by atoms with Crippen molar-refractivity contribution in [3.63, 3.8) is 0 Å². The number of fused-ring (bicyclic) bond motifs is 2. The second-order valence-corrected chi connectivity index (χ2v) is 18.2. The van der Waals surface area contributed by atoms with Crippen LogP contribution in [-0.4, -0.2) is 83.8 Å². The topological polar surface area (TPSA) is 189 Å². The first-order valence-corrected chi connectivity index (χ1v) is 19.3. The van der Waals surface area contributed by atoms with E-state index in [1.807, 2.05) is 26.0 Å². The lowest BCUT2D eigenvalue weighted by Gasteiger charge is -2.33. The molecule has 1 unspecified atom stereocenters. The molecule has 286 valence electrons. The van der Waals surface area contributed by atoms with Crippen molar-refractivity contribution in [2.45, 2.75) is 121 Å². The molecule has 2 saturated carbocycles. The number of allylic oxidation sites excluding steroid dienone is 1. The zero-order chi connectivity index (χ0) is 38.2. The number of hydrogen-bond acceptors (Lipinski definition) is 9. The van der Waals surface area contributed by atoms with E-state index in [1.54, 1.807) is 27.7 Å². The Morgan fingerprint density at radius 2 is 1.71 bits per heavy atom. The molecule has 0 radical (unpaired) electrons. The number of amides is 5. The van der Waals surface area contributed by atoms with Gasteiger partial charge in [0, 0.05) is 18.0 Å². The van der Waals surface area contributed by atoms with Gasteiger partial charge in [0.15, 0.2) is 0 Å². The molecule has 2 aliphatic heterocycles. The number of benzene rings is 1. The van der Waals surface area contributed by atoms with Crippen LogP contribution in [0.25, 0.3) is 0 Å². The van der Waals surface area contributed by atoms with Gasteiger partial charge in [-0.1, -0.05) is 26.0 Å². The Kier molecular flexibility index (Phi) is 11.0. The molecule has 52 heavy (non-hydrogen) atoms. The summed E-state index contributed by atoms with van der Waals surface area (Å²) in [5.74, 6) is -3.52. The predicted octanol–water partition coefficient (Wildman–Crippen LogP) is 4.12. The first-order chi connectivity index (χ1) is 24.2. The van der Waals surface area contributed by atoms with Crippen LogP contribution in [0.15, 0.2) is 36.4 Å². The van der Waals surface area contributed by atoms with E-state index in [0.29, 0.717) is 25.7 Å². The number of ether oxygens (including phenoxy) is 2. The number of nitrogens with one attached hydrogen (secondary N) is 4. The average molecular weight is 748 g/mol. The molecular formula is C36H50FN5O9S. The van der Waals surface area contributed by atoms with Gasteiger partial charge in [-0.3, -0.25) is 24.4 Å². The van der Waals surface area contributed by atoms with Crippen molar-refractivity contribution >= 4 is 45.6 Å². The predicted molar refractivity (Wildman–Crippen MR) is 189 cm³/mol. The highest BCUT2D eigenvalue weighted by Crippen LogP contribution is 2.47. The molecule has 7 atom stereocenters. The van der Waals surface area contributed by atoms with Crippen molar-refractivity contribution in [2.24, 2.45) is 17.8 Å². The van der Waals surface area contributed by atoms with E-state index in [0.717, 1.165) is 18.6 Å². The van der Waals surface area contributed by atoms with Gasteiger partial charge in [-0.05, 0) is 102 Å². The molecule has 4 N–H and O–H groups in total. The summed E-state index contributed by atoms with van der Waals surface area (Å²) in [6, 6.07) is 2.62. The van der Waals surface area contributed by atoms with Crippen LogP contribution in [0.1, 0.15) is 86.5 Å². The summed E-state index contributed by atoms with van der Waals surface area (Å²) in [6.07, 6.45) is 3.71. The molecule has 16 heteroatoms. The number of hydrogen-bond donors (Lipinski definition) is 4. The smallest absolute Gasteiger partial charge is 0.411 e. The molecule has 2 aliphatic carbocycles. The molecule has 1 aromatic rings. The van der Waals surface area contributed by atoms with Crippen molar-refractivity contribution in [2.75, 3.05) is 11.9 Å². The Hall–Kier alpha value is -4.21. The quantitative estimate of drug-likeness (QED) is 0.310. The fourth-order valence-corrected chi connectivity index (χ4v) is 8.18. The fraction of sp³-hybridized carbons (Fsp3) is 0.639. The summed E-state index contributed by atoms with van der Waals surface area (Å²) in [7, 11) is -4.03. The highest BCUT2D eigenvalue weighted by molar-refractivity contribution is 7.91. The monoisotopic (exact) mass is 747 g/mol. The molecule has 5 amide bonds. The highest BCUT2D eigenvalue weighted by Gasteiger charge is 2.63. The molecule has 1 aromatic carbocycles. The minimum atomic E-state index is -4.03. The number of nitrogens with zero attached hydrogens (tertiary/aromatic N) is 1. The maximum absolute atomic E-state index is 14.5. The molecule has 3 fully saturated rings. The number of anilines is 1. The first kappa shape index (κ1) is 39.0. The average Bonchev–Trinajstić information content (AvgIpc) is 3.91. The van der Waals surface area contributed by atoms with Gasteiger partial charge in [0.2, 0.25) is 21.8 Å². The first-order valence-electron chi connectivity index (χ1n) is 17.8. The molecule has 0 spiro atoms. The third-order valence-corrected chi connectivity index (χ3v) is 12.4. The second kappa shape index (κ2) is 14.7. The number of rotatable bonds is 6. The van der Waals surface area contributed by atoms with E-state index in [4.69, 9.17) is 9.47 Å². The fourth-order valence-electron chi connectivity index (χ4n) is 6.86. The standard InChI is InChI=1S/C36H50FN5O9S/c1-21-9-7-8-10-23-19-36(23,31(45)41-52(48,49)35(6)15-16-35)40-29(43)27-18-26(50-32(46)38-25-13-11-24(37)12-14-25)20-42(27)30(44)28(22(2)17-21)39-33(47)51-34(3,4)5/h8,10-14,21-23,26-28H,7,9,15-20H2,1-6H3,(H,38,46)(H,39,47)(H,40,43)(H,41,45)/b10-8-/t21-,22+,23?,26+,27-,28-,36+/m0/s1. The largest absolute Gasteiger partial charge is 0.444 e. The number of halogens is 1. The maximum atomic E-state index is 14.5. The zero-order valence-electron chi connectivity index (χ0n) is 30.5. The molecule has 1 saturated heterocycles. The van der Waals surface area contributed by atoms with Crippen LogP contribution in [0.4, 0.5) is 19.7 Å². The minimum absolute atomic E-state index is 0.109. The Morgan fingerprint density at radius 3 is 2.35 bits per heavy atom. The van der Waals surface area contributed by atoms with E-state index in [-0.39, 0.29) is 31.0 Å². The van der Waals surface area contributed by atoms with E-state index in [9.17, 15) is 36.8 Å². The lowest BCUT2D eigenvalue weighted by atomic mass is 9.88. The molecular weight excluding hydrogens is 697 g/mol. The minimum Gasteiger partial charge on any atom is -0.444 e. The van der Waals surface area contributed by atoms with Gasteiger partial charge in [-0.25, -0.2) is 22.4 Å².